The van der Waals surface area contributed by atoms with E-state index < -0.39 is 17.6 Å². The van der Waals surface area contributed by atoms with Crippen LogP contribution in [0.5, 0.6) is 5.75 Å². The summed E-state index contributed by atoms with van der Waals surface area (Å²) < 4.78 is 5.15. The van der Waals surface area contributed by atoms with Crippen LogP contribution in [0.1, 0.15) is 22.0 Å². The summed E-state index contributed by atoms with van der Waals surface area (Å²) in [6, 6.07) is 9.98. The van der Waals surface area contributed by atoms with Gasteiger partial charge in [0.2, 0.25) is 0 Å². The Balaban J connectivity index is 2.04. The number of aliphatic hydroxyl groups is 1. The van der Waals surface area contributed by atoms with Crippen LogP contribution in [0.3, 0.4) is 0 Å². The molecule has 0 aliphatic rings. The van der Waals surface area contributed by atoms with Crippen LogP contribution in [0, 0.1) is 0 Å². The molecule has 0 fully saturated rings. The number of nitrogens with one attached hydrogen (secondary N) is 2. The second kappa shape index (κ2) is 6.71. The zero-order valence-corrected chi connectivity index (χ0v) is 11.5. The molecule has 0 spiro atoms. The lowest BCUT2D eigenvalue weighted by atomic mass is 10.1. The maximum absolute atomic E-state index is 11.9. The van der Waals surface area contributed by atoms with Gasteiger partial charge in [0, 0.05) is 18.3 Å². The number of pyridine rings is 1. The largest absolute Gasteiger partial charge is 0.496 e. The fourth-order valence-electron chi connectivity index (χ4n) is 1.94. The fourth-order valence-corrected chi connectivity index (χ4v) is 1.94. The minimum Gasteiger partial charge on any atom is -0.496 e. The molecule has 3 N–H and O–H groups in total. The zero-order valence-electron chi connectivity index (χ0n) is 11.5. The summed E-state index contributed by atoms with van der Waals surface area (Å²) in [5.74, 6) is 0.00241. The van der Waals surface area contributed by atoms with Gasteiger partial charge < -0.3 is 20.1 Å². The van der Waals surface area contributed by atoms with Crippen LogP contribution < -0.4 is 15.6 Å². The fraction of sp³-hybridized carbons (Fsp3) is 0.200. The van der Waals surface area contributed by atoms with E-state index in [2.05, 4.69) is 10.3 Å². The van der Waals surface area contributed by atoms with Crippen molar-refractivity contribution in [3.8, 4) is 5.75 Å². The molecule has 1 aromatic carbocycles. The first-order valence-corrected chi connectivity index (χ1v) is 6.40. The normalized spacial score (nSPS) is 11.7. The highest BCUT2D eigenvalue weighted by Gasteiger charge is 2.15. The van der Waals surface area contributed by atoms with Crippen LogP contribution in [0.25, 0.3) is 0 Å². The maximum Gasteiger partial charge on any atom is 0.260 e. The topological polar surface area (TPSA) is 91.4 Å². The van der Waals surface area contributed by atoms with Crippen molar-refractivity contribution < 1.29 is 14.6 Å². The summed E-state index contributed by atoms with van der Waals surface area (Å²) in [6.07, 6.45) is 0.524. The Morgan fingerprint density at radius 1 is 1.33 bits per heavy atom. The first-order valence-electron chi connectivity index (χ1n) is 6.40. The monoisotopic (exact) mass is 288 g/mol. The third-order valence-electron chi connectivity index (χ3n) is 3.02. The van der Waals surface area contributed by atoms with Gasteiger partial charge in [-0.1, -0.05) is 18.2 Å². The Labute approximate surface area is 121 Å². The van der Waals surface area contributed by atoms with Gasteiger partial charge in [-0.15, -0.1) is 0 Å². The van der Waals surface area contributed by atoms with Gasteiger partial charge in [0.05, 0.1) is 13.2 Å². The number of benzene rings is 1. The van der Waals surface area contributed by atoms with Crippen LogP contribution in [-0.4, -0.2) is 29.7 Å². The first kappa shape index (κ1) is 14.8. The number of hydrogen-bond acceptors (Lipinski definition) is 4. The van der Waals surface area contributed by atoms with Gasteiger partial charge in [-0.2, -0.15) is 0 Å². The number of aromatic nitrogens is 1. The number of rotatable bonds is 5. The highest BCUT2D eigenvalue weighted by atomic mass is 16.5. The minimum absolute atomic E-state index is 0.00438. The van der Waals surface area contributed by atoms with E-state index in [0.717, 1.165) is 0 Å². The second-order valence-electron chi connectivity index (χ2n) is 4.38. The van der Waals surface area contributed by atoms with E-state index in [1.807, 2.05) is 0 Å². The summed E-state index contributed by atoms with van der Waals surface area (Å²) in [6.45, 7) is -0.0203. The molecule has 0 saturated carbocycles. The molecule has 1 heterocycles. The van der Waals surface area contributed by atoms with Crippen LogP contribution in [-0.2, 0) is 0 Å². The molecule has 1 aromatic heterocycles. The van der Waals surface area contributed by atoms with Crippen LogP contribution in [0.4, 0.5) is 0 Å². The van der Waals surface area contributed by atoms with E-state index in [4.69, 9.17) is 4.74 Å². The van der Waals surface area contributed by atoms with E-state index in [-0.39, 0.29) is 12.1 Å². The molecule has 1 unspecified atom stereocenters. The SMILES string of the molecule is COc1ccccc1C(O)CNC(=O)c1ccc[nH]c1=O. The molecular formula is C15H16N2O4. The average Bonchev–Trinajstić information content (AvgIpc) is 2.52. The summed E-state index contributed by atoms with van der Waals surface area (Å²) in [5.41, 5.74) is 0.105. The van der Waals surface area contributed by atoms with Gasteiger partial charge in [0.15, 0.2) is 0 Å². The molecule has 6 heteroatoms. The average molecular weight is 288 g/mol. The van der Waals surface area contributed by atoms with Crippen molar-refractivity contribution >= 4 is 5.91 Å². The van der Waals surface area contributed by atoms with Gasteiger partial charge in [0.25, 0.3) is 11.5 Å². The number of methoxy groups -OCH3 is 1. The number of carbonyl (C=O) groups excluding carboxylic acids is 1. The molecule has 6 nitrogen and oxygen atoms in total. The molecule has 0 bridgehead atoms. The molecular weight excluding hydrogens is 272 g/mol. The molecule has 110 valence electrons. The summed E-state index contributed by atoms with van der Waals surface area (Å²) in [5, 5.41) is 12.6. The van der Waals surface area contributed by atoms with E-state index in [0.29, 0.717) is 11.3 Å². The Kier molecular flexibility index (Phi) is 4.73. The molecule has 0 aliphatic heterocycles. The predicted octanol–water partition coefficient (Wildman–Crippen LogP) is 0.847. The first-order chi connectivity index (χ1) is 10.1. The van der Waals surface area contributed by atoms with Crippen LogP contribution in [0.15, 0.2) is 47.4 Å². The van der Waals surface area contributed by atoms with Crippen molar-refractivity contribution in [2.75, 3.05) is 13.7 Å². The number of hydrogen-bond donors (Lipinski definition) is 3. The van der Waals surface area contributed by atoms with Gasteiger partial charge >= 0.3 is 0 Å². The Hall–Kier alpha value is -2.60. The van der Waals surface area contributed by atoms with Crippen molar-refractivity contribution in [3.05, 3.63) is 64.1 Å². The van der Waals surface area contributed by atoms with Crippen molar-refractivity contribution in [2.45, 2.75) is 6.10 Å². The quantitative estimate of drug-likeness (QED) is 0.760. The van der Waals surface area contributed by atoms with Gasteiger partial charge in [-0.25, -0.2) is 0 Å². The smallest absolute Gasteiger partial charge is 0.260 e. The van der Waals surface area contributed by atoms with E-state index in [1.165, 1.54) is 19.4 Å². The summed E-state index contributed by atoms with van der Waals surface area (Å²) >= 11 is 0. The number of carbonyl (C=O) groups is 1. The Morgan fingerprint density at radius 2 is 2.10 bits per heavy atom. The molecule has 2 aromatic rings. The van der Waals surface area contributed by atoms with Crippen molar-refractivity contribution in [2.24, 2.45) is 0 Å². The molecule has 1 amide bonds. The number of H-pyrrole nitrogens is 1. The molecule has 0 saturated heterocycles. The Morgan fingerprint density at radius 3 is 2.81 bits per heavy atom. The number of aromatic amines is 1. The number of ether oxygens (including phenoxy) is 1. The molecule has 0 aliphatic carbocycles. The number of amides is 1. The van der Waals surface area contributed by atoms with Crippen LogP contribution in [0.2, 0.25) is 0 Å². The second-order valence-corrected chi connectivity index (χ2v) is 4.38. The number of aliphatic hydroxyl groups excluding tert-OH is 1. The minimum atomic E-state index is -0.923. The maximum atomic E-state index is 11.9. The summed E-state index contributed by atoms with van der Waals surface area (Å²) in [4.78, 5) is 25.8. The third-order valence-corrected chi connectivity index (χ3v) is 3.02. The Bertz CT molecular complexity index is 681. The zero-order chi connectivity index (χ0) is 15.2. The molecule has 1 atom stereocenters. The van der Waals surface area contributed by atoms with Gasteiger partial charge in [-0.3, -0.25) is 9.59 Å². The van der Waals surface area contributed by atoms with Crippen molar-refractivity contribution in [1.82, 2.24) is 10.3 Å². The van der Waals surface area contributed by atoms with E-state index >= 15 is 0 Å². The highest BCUT2D eigenvalue weighted by molar-refractivity contribution is 5.93. The highest BCUT2D eigenvalue weighted by Crippen LogP contribution is 2.23. The van der Waals surface area contributed by atoms with Crippen LogP contribution >= 0.6 is 0 Å². The standard InChI is InChI=1S/C15H16N2O4/c1-21-13-7-3-2-5-10(13)12(18)9-17-15(20)11-6-4-8-16-14(11)19/h2-8,12,18H,9H2,1H3,(H,16,19)(H,17,20). The number of para-hydroxylation sites is 1. The molecule has 2 rings (SSSR count). The third kappa shape index (κ3) is 3.49. The summed E-state index contributed by atoms with van der Waals surface area (Å²) in [7, 11) is 1.51. The molecule has 21 heavy (non-hydrogen) atoms. The van der Waals surface area contributed by atoms with Gasteiger partial charge in [-0.05, 0) is 18.2 Å². The lowest BCUT2D eigenvalue weighted by molar-refractivity contribution is 0.0913. The van der Waals surface area contributed by atoms with E-state index in [9.17, 15) is 14.7 Å². The van der Waals surface area contributed by atoms with Gasteiger partial charge in [0.1, 0.15) is 11.3 Å². The van der Waals surface area contributed by atoms with Crippen molar-refractivity contribution in [1.29, 1.82) is 0 Å². The van der Waals surface area contributed by atoms with E-state index in [1.54, 1.807) is 30.3 Å². The lowest BCUT2D eigenvalue weighted by Gasteiger charge is -2.15. The molecule has 0 radical (unpaired) electrons. The van der Waals surface area contributed by atoms with Crippen molar-refractivity contribution in [3.63, 3.8) is 0 Å². The predicted molar refractivity (Wildman–Crippen MR) is 77.3 cm³/mol. The lowest BCUT2D eigenvalue weighted by Crippen LogP contribution is -2.32.